The summed E-state index contributed by atoms with van der Waals surface area (Å²) in [6, 6.07) is 6.23. The summed E-state index contributed by atoms with van der Waals surface area (Å²) in [6.07, 6.45) is 5.00. The van der Waals surface area contributed by atoms with Crippen LogP contribution in [0.5, 0.6) is 0 Å². The van der Waals surface area contributed by atoms with Gasteiger partial charge in [-0.1, -0.05) is 12.1 Å². The van der Waals surface area contributed by atoms with E-state index in [0.29, 0.717) is 12.5 Å². The first-order valence-electron chi connectivity index (χ1n) is 7.41. The first-order valence-corrected chi connectivity index (χ1v) is 7.41. The Balaban J connectivity index is 1.87. The van der Waals surface area contributed by atoms with Gasteiger partial charge in [-0.3, -0.25) is 4.79 Å². The Morgan fingerprint density at radius 2 is 2.05 bits per heavy atom. The third-order valence-corrected chi connectivity index (χ3v) is 4.22. The molecule has 20 heavy (non-hydrogen) atoms. The lowest BCUT2D eigenvalue weighted by Crippen LogP contribution is -2.29. The molecule has 2 rings (SSSR count). The van der Waals surface area contributed by atoms with E-state index in [1.54, 1.807) is 12.1 Å². The summed E-state index contributed by atoms with van der Waals surface area (Å²) >= 11 is 0. The fraction of sp³-hybridized carbons (Fsp3) is 0.588. The van der Waals surface area contributed by atoms with Gasteiger partial charge >= 0.3 is 0 Å². The number of hydrogen-bond donors (Lipinski definition) is 0. The van der Waals surface area contributed by atoms with Crippen LogP contribution in [0.4, 0.5) is 4.39 Å². The zero-order valence-electron chi connectivity index (χ0n) is 12.3. The van der Waals surface area contributed by atoms with Gasteiger partial charge in [0.1, 0.15) is 11.6 Å². The Morgan fingerprint density at radius 1 is 1.35 bits per heavy atom. The molecule has 0 bridgehead atoms. The quantitative estimate of drug-likeness (QED) is 0.785. The average Bonchev–Trinajstić information content (AvgIpc) is 2.92. The van der Waals surface area contributed by atoms with E-state index in [0.717, 1.165) is 37.9 Å². The molecule has 0 radical (unpaired) electrons. The van der Waals surface area contributed by atoms with Gasteiger partial charge in [0.25, 0.3) is 0 Å². The van der Waals surface area contributed by atoms with Crippen LogP contribution in [0.3, 0.4) is 0 Å². The van der Waals surface area contributed by atoms with E-state index < -0.39 is 5.41 Å². The normalized spacial score (nSPS) is 19.2. The highest BCUT2D eigenvalue weighted by atomic mass is 19.1. The first kappa shape index (κ1) is 15.2. The molecule has 1 aromatic rings. The number of ketones is 1. The molecular weight excluding hydrogens is 255 g/mol. The van der Waals surface area contributed by atoms with Crippen molar-refractivity contribution in [3.63, 3.8) is 0 Å². The van der Waals surface area contributed by atoms with Crippen molar-refractivity contribution in [1.82, 2.24) is 0 Å². The number of ether oxygens (including phenoxy) is 1. The van der Waals surface area contributed by atoms with Gasteiger partial charge in [0.05, 0.1) is 6.10 Å². The highest BCUT2D eigenvalue weighted by Crippen LogP contribution is 2.27. The van der Waals surface area contributed by atoms with Gasteiger partial charge in [0.15, 0.2) is 0 Å². The second kappa shape index (κ2) is 6.49. The highest BCUT2D eigenvalue weighted by Gasteiger charge is 2.29. The van der Waals surface area contributed by atoms with Crippen LogP contribution >= 0.6 is 0 Å². The molecule has 1 aliphatic rings. The predicted octanol–water partition coefficient (Wildman–Crippen LogP) is 4.02. The Bertz CT molecular complexity index is 445. The van der Waals surface area contributed by atoms with Gasteiger partial charge in [-0.05, 0) is 57.2 Å². The number of hydrogen-bond acceptors (Lipinski definition) is 2. The smallest absolute Gasteiger partial charge is 0.142 e. The van der Waals surface area contributed by atoms with E-state index in [-0.39, 0.29) is 11.6 Å². The zero-order chi connectivity index (χ0) is 14.6. The summed E-state index contributed by atoms with van der Waals surface area (Å²) in [7, 11) is 0. The number of benzene rings is 1. The summed E-state index contributed by atoms with van der Waals surface area (Å²) in [4.78, 5) is 12.4. The van der Waals surface area contributed by atoms with Crippen molar-refractivity contribution < 1.29 is 13.9 Å². The van der Waals surface area contributed by atoms with Gasteiger partial charge in [0, 0.05) is 18.4 Å². The molecule has 1 aromatic carbocycles. The molecule has 110 valence electrons. The minimum atomic E-state index is -0.551. The Labute approximate surface area is 120 Å². The Morgan fingerprint density at radius 3 is 2.65 bits per heavy atom. The maximum absolute atomic E-state index is 13.0. The zero-order valence-corrected chi connectivity index (χ0v) is 12.3. The third kappa shape index (κ3) is 3.66. The third-order valence-electron chi connectivity index (χ3n) is 4.22. The summed E-state index contributed by atoms with van der Waals surface area (Å²) < 4.78 is 18.5. The van der Waals surface area contributed by atoms with Crippen LogP contribution in [0.15, 0.2) is 24.3 Å². The number of carbonyl (C=O) groups is 1. The number of rotatable bonds is 6. The molecule has 0 aliphatic carbocycles. The van der Waals surface area contributed by atoms with Crippen LogP contribution in [0.25, 0.3) is 0 Å². The topological polar surface area (TPSA) is 26.3 Å². The van der Waals surface area contributed by atoms with Crippen LogP contribution in [-0.2, 0) is 14.9 Å². The molecule has 0 aromatic heterocycles. The summed E-state index contributed by atoms with van der Waals surface area (Å²) in [5, 5.41) is 0. The molecule has 0 spiro atoms. The summed E-state index contributed by atoms with van der Waals surface area (Å²) in [6.45, 7) is 4.68. The number of halogens is 1. The maximum atomic E-state index is 13.0. The standard InChI is InChI=1S/C17H23FO2/c1-17(2,13-8-10-14(18)11-9-13)16(19)7-3-5-15-6-4-12-20-15/h8-11,15H,3-7,12H2,1-2H3. The lowest BCUT2D eigenvalue weighted by atomic mass is 9.79. The number of carbonyl (C=O) groups excluding carboxylic acids is 1. The summed E-state index contributed by atoms with van der Waals surface area (Å²) in [5.74, 6) is -0.0579. The lowest BCUT2D eigenvalue weighted by Gasteiger charge is -2.24. The first-order chi connectivity index (χ1) is 9.50. The average molecular weight is 278 g/mol. The molecule has 0 amide bonds. The fourth-order valence-corrected chi connectivity index (χ4v) is 2.70. The van der Waals surface area contributed by atoms with E-state index in [9.17, 15) is 9.18 Å². The van der Waals surface area contributed by atoms with Crippen molar-refractivity contribution in [2.24, 2.45) is 0 Å². The van der Waals surface area contributed by atoms with Gasteiger partial charge in [-0.15, -0.1) is 0 Å². The minimum absolute atomic E-state index is 0.210. The van der Waals surface area contributed by atoms with Gasteiger partial charge in [-0.2, -0.15) is 0 Å². The van der Waals surface area contributed by atoms with E-state index in [1.165, 1.54) is 12.1 Å². The maximum Gasteiger partial charge on any atom is 0.142 e. The molecule has 0 saturated carbocycles. The molecule has 0 N–H and O–H groups in total. The van der Waals surface area contributed by atoms with E-state index >= 15 is 0 Å². The molecule has 1 aliphatic heterocycles. The van der Waals surface area contributed by atoms with Crippen molar-refractivity contribution in [2.75, 3.05) is 6.61 Å². The largest absolute Gasteiger partial charge is 0.378 e. The van der Waals surface area contributed by atoms with Crippen LogP contribution in [-0.4, -0.2) is 18.5 Å². The van der Waals surface area contributed by atoms with Gasteiger partial charge in [-0.25, -0.2) is 4.39 Å². The molecule has 1 fully saturated rings. The summed E-state index contributed by atoms with van der Waals surface area (Å²) in [5.41, 5.74) is 0.325. The van der Waals surface area contributed by atoms with Crippen LogP contribution < -0.4 is 0 Å². The molecule has 3 heteroatoms. The van der Waals surface area contributed by atoms with Crippen molar-refractivity contribution in [3.8, 4) is 0 Å². The van der Waals surface area contributed by atoms with Crippen molar-refractivity contribution in [3.05, 3.63) is 35.6 Å². The number of Topliss-reactive ketones (excluding diaryl/α,β-unsaturated/α-hetero) is 1. The molecular formula is C17H23FO2. The molecule has 1 saturated heterocycles. The van der Waals surface area contributed by atoms with E-state index in [4.69, 9.17) is 4.74 Å². The molecule has 1 unspecified atom stereocenters. The van der Waals surface area contributed by atoms with E-state index in [1.807, 2.05) is 13.8 Å². The van der Waals surface area contributed by atoms with Crippen LogP contribution in [0.1, 0.15) is 51.5 Å². The molecule has 1 heterocycles. The molecule has 1 atom stereocenters. The predicted molar refractivity (Wildman–Crippen MR) is 77.3 cm³/mol. The fourth-order valence-electron chi connectivity index (χ4n) is 2.70. The van der Waals surface area contributed by atoms with Crippen molar-refractivity contribution in [2.45, 2.75) is 57.5 Å². The molecule has 2 nitrogen and oxygen atoms in total. The van der Waals surface area contributed by atoms with Gasteiger partial charge in [0.2, 0.25) is 0 Å². The van der Waals surface area contributed by atoms with Crippen LogP contribution in [0.2, 0.25) is 0 Å². The lowest BCUT2D eigenvalue weighted by molar-refractivity contribution is -0.123. The highest BCUT2D eigenvalue weighted by molar-refractivity contribution is 5.89. The van der Waals surface area contributed by atoms with Gasteiger partial charge < -0.3 is 4.74 Å². The monoisotopic (exact) mass is 278 g/mol. The van der Waals surface area contributed by atoms with Crippen molar-refractivity contribution >= 4 is 5.78 Å². The second-order valence-corrected chi connectivity index (χ2v) is 6.08. The van der Waals surface area contributed by atoms with E-state index in [2.05, 4.69) is 0 Å². The Kier molecular flexibility index (Phi) is 4.92. The van der Waals surface area contributed by atoms with Crippen molar-refractivity contribution in [1.29, 1.82) is 0 Å². The Hall–Kier alpha value is -1.22. The van der Waals surface area contributed by atoms with Crippen LogP contribution in [0, 0.1) is 5.82 Å². The minimum Gasteiger partial charge on any atom is -0.378 e. The second-order valence-electron chi connectivity index (χ2n) is 6.08. The SMILES string of the molecule is CC(C)(C(=O)CCCC1CCCO1)c1ccc(F)cc1.